The van der Waals surface area contributed by atoms with Crippen molar-refractivity contribution in [3.63, 3.8) is 0 Å². The highest BCUT2D eigenvalue weighted by molar-refractivity contribution is 6.36. The maximum atomic E-state index is 5.91. The Balaban J connectivity index is 3.72. The summed E-state index contributed by atoms with van der Waals surface area (Å²) >= 11 is 0. The second kappa shape index (κ2) is 18.4. The molecule has 0 aliphatic heterocycles. The van der Waals surface area contributed by atoms with Gasteiger partial charge >= 0.3 is 9.53 Å². The highest BCUT2D eigenvalue weighted by atomic mass is 28.3. The van der Waals surface area contributed by atoms with Gasteiger partial charge in [-0.3, -0.25) is 0 Å². The van der Waals surface area contributed by atoms with Gasteiger partial charge in [-0.25, -0.2) is 0 Å². The largest absolute Gasteiger partial charge is 0.484 e. The molecule has 3 N–H and O–H groups in total. The maximum Gasteiger partial charge on any atom is 0.484 e. The van der Waals surface area contributed by atoms with Crippen LogP contribution in [0, 0.1) is 5.92 Å². The molecule has 0 aromatic rings. The van der Waals surface area contributed by atoms with Gasteiger partial charge in [0, 0.05) is 32.9 Å². The fraction of sp³-hybridized carbons (Fsp3) is 1.00. The van der Waals surface area contributed by atoms with Crippen LogP contribution in [-0.4, -0.2) is 49.0 Å². The Hall–Kier alpha value is 0.0169. The van der Waals surface area contributed by atoms with Crippen LogP contribution in [-0.2, 0) is 13.3 Å². The third kappa shape index (κ3) is 16.7. The van der Waals surface area contributed by atoms with Crippen LogP contribution in [0.4, 0.5) is 0 Å². The number of rotatable bonds is 18. The lowest BCUT2D eigenvalue weighted by Crippen LogP contribution is -2.29. The molecule has 23 heavy (non-hydrogen) atoms. The van der Waals surface area contributed by atoms with Crippen molar-refractivity contribution in [3.05, 3.63) is 0 Å². The number of nitrogens with one attached hydrogen (secondary N) is 1. The number of hydrogen-bond donors (Lipinski definition) is 2. The lowest BCUT2D eigenvalue weighted by atomic mass is 10.0. The van der Waals surface area contributed by atoms with Gasteiger partial charge in [-0.1, -0.05) is 33.6 Å². The highest BCUT2D eigenvalue weighted by Crippen LogP contribution is 2.10. The van der Waals surface area contributed by atoms with E-state index < -0.39 is 9.53 Å². The molecule has 5 nitrogen and oxygen atoms in total. The first kappa shape index (κ1) is 23.0. The van der Waals surface area contributed by atoms with Gasteiger partial charge in [-0.15, -0.1) is 0 Å². The minimum Gasteiger partial charge on any atom is -0.376 e. The molecule has 140 valence electrons. The molecule has 0 heterocycles. The number of hydrogen-bond acceptors (Lipinski definition) is 5. The van der Waals surface area contributed by atoms with Crippen LogP contribution in [0.25, 0.3) is 0 Å². The van der Waals surface area contributed by atoms with E-state index in [0.717, 1.165) is 65.0 Å². The second-order valence-electron chi connectivity index (χ2n) is 6.18. The smallest absolute Gasteiger partial charge is 0.376 e. The molecule has 1 unspecified atom stereocenters. The standard InChI is InChI=1S/C17H40N2O3Si/c1-4-6-14-20-23(21-15-7-5-2)22-16-10-17(3)9-8-12-19-13-11-18/h17,19,23H,4-16,18H2,1-3H3. The van der Waals surface area contributed by atoms with Crippen molar-refractivity contribution in [2.75, 3.05) is 39.5 Å². The Labute approximate surface area is 145 Å². The molecule has 0 aromatic heterocycles. The minimum atomic E-state index is -1.92. The first-order valence-electron chi connectivity index (χ1n) is 9.50. The fourth-order valence-corrected chi connectivity index (χ4v) is 3.44. The first-order valence-corrected chi connectivity index (χ1v) is 10.9. The van der Waals surface area contributed by atoms with E-state index in [2.05, 4.69) is 26.1 Å². The van der Waals surface area contributed by atoms with E-state index in [1.807, 2.05) is 0 Å². The van der Waals surface area contributed by atoms with E-state index in [9.17, 15) is 0 Å². The van der Waals surface area contributed by atoms with Crippen molar-refractivity contribution in [2.45, 2.75) is 65.7 Å². The monoisotopic (exact) mass is 348 g/mol. The Morgan fingerprint density at radius 1 is 0.870 bits per heavy atom. The van der Waals surface area contributed by atoms with Crippen molar-refractivity contribution < 1.29 is 13.3 Å². The Kier molecular flexibility index (Phi) is 18.4. The molecule has 0 spiro atoms. The van der Waals surface area contributed by atoms with Gasteiger partial charge < -0.3 is 24.3 Å². The van der Waals surface area contributed by atoms with Crippen LogP contribution in [0.2, 0.25) is 0 Å². The minimum absolute atomic E-state index is 0.676. The molecular formula is C17H40N2O3Si. The first-order chi connectivity index (χ1) is 11.2. The summed E-state index contributed by atoms with van der Waals surface area (Å²) in [6.45, 7) is 11.6. The topological polar surface area (TPSA) is 65.7 Å². The molecule has 0 saturated heterocycles. The lowest BCUT2D eigenvalue weighted by molar-refractivity contribution is 0.0864. The van der Waals surface area contributed by atoms with E-state index in [0.29, 0.717) is 12.5 Å². The predicted molar refractivity (Wildman–Crippen MR) is 99.8 cm³/mol. The Bertz CT molecular complexity index is 226. The van der Waals surface area contributed by atoms with Crippen LogP contribution >= 0.6 is 0 Å². The summed E-state index contributed by atoms with van der Waals surface area (Å²) in [5.74, 6) is 0.676. The van der Waals surface area contributed by atoms with Gasteiger partial charge in [0.25, 0.3) is 0 Å². The van der Waals surface area contributed by atoms with Gasteiger partial charge in [-0.05, 0) is 44.6 Å². The molecule has 6 heteroatoms. The fourth-order valence-electron chi connectivity index (χ4n) is 2.10. The van der Waals surface area contributed by atoms with E-state index in [4.69, 9.17) is 19.0 Å². The van der Waals surface area contributed by atoms with E-state index >= 15 is 0 Å². The molecule has 0 rings (SSSR count). The van der Waals surface area contributed by atoms with Crippen LogP contribution in [0.1, 0.15) is 65.7 Å². The number of unbranched alkanes of at least 4 members (excludes halogenated alkanes) is 2. The van der Waals surface area contributed by atoms with Crippen molar-refractivity contribution in [1.82, 2.24) is 5.32 Å². The molecule has 0 radical (unpaired) electrons. The zero-order chi connectivity index (χ0) is 17.2. The second-order valence-corrected chi connectivity index (χ2v) is 7.76. The lowest BCUT2D eigenvalue weighted by Gasteiger charge is -2.18. The molecule has 0 aliphatic rings. The zero-order valence-corrected chi connectivity index (χ0v) is 16.8. The molecule has 0 amide bonds. The predicted octanol–water partition coefficient (Wildman–Crippen LogP) is 2.71. The maximum absolute atomic E-state index is 5.91. The van der Waals surface area contributed by atoms with Crippen molar-refractivity contribution in [3.8, 4) is 0 Å². The summed E-state index contributed by atoms with van der Waals surface area (Å²) < 4.78 is 17.5. The van der Waals surface area contributed by atoms with Crippen molar-refractivity contribution in [2.24, 2.45) is 11.7 Å². The third-order valence-electron chi connectivity index (χ3n) is 3.74. The van der Waals surface area contributed by atoms with Gasteiger partial charge in [0.05, 0.1) is 0 Å². The van der Waals surface area contributed by atoms with E-state index in [-0.39, 0.29) is 0 Å². The third-order valence-corrected chi connectivity index (χ3v) is 5.26. The summed E-state index contributed by atoms with van der Waals surface area (Å²) in [6, 6.07) is 0. The van der Waals surface area contributed by atoms with Crippen LogP contribution < -0.4 is 11.1 Å². The summed E-state index contributed by atoms with van der Waals surface area (Å²) in [5, 5.41) is 3.33. The Morgan fingerprint density at radius 2 is 1.48 bits per heavy atom. The normalized spacial score (nSPS) is 12.9. The average molecular weight is 349 g/mol. The van der Waals surface area contributed by atoms with Crippen LogP contribution in [0.5, 0.6) is 0 Å². The molecule has 0 bridgehead atoms. The molecule has 0 saturated carbocycles. The number of nitrogens with two attached hydrogens (primary N) is 1. The van der Waals surface area contributed by atoms with Crippen molar-refractivity contribution >= 4 is 9.53 Å². The van der Waals surface area contributed by atoms with Gasteiger partial charge in [0.15, 0.2) is 0 Å². The van der Waals surface area contributed by atoms with Crippen molar-refractivity contribution in [1.29, 1.82) is 0 Å². The van der Waals surface area contributed by atoms with E-state index in [1.54, 1.807) is 0 Å². The quantitative estimate of drug-likeness (QED) is 0.294. The van der Waals surface area contributed by atoms with E-state index in [1.165, 1.54) is 12.8 Å². The average Bonchev–Trinajstić information content (AvgIpc) is 2.54. The molecule has 1 atom stereocenters. The van der Waals surface area contributed by atoms with Gasteiger partial charge in [0.1, 0.15) is 0 Å². The molecule has 0 fully saturated rings. The highest BCUT2D eigenvalue weighted by Gasteiger charge is 2.15. The summed E-state index contributed by atoms with van der Waals surface area (Å²) in [6.07, 6.45) is 7.94. The SMILES string of the molecule is CCCCO[SiH](OCCCC)OCCC(C)CCCNCCN. The van der Waals surface area contributed by atoms with Gasteiger partial charge in [-0.2, -0.15) is 0 Å². The summed E-state index contributed by atoms with van der Waals surface area (Å²) in [4.78, 5) is 0. The van der Waals surface area contributed by atoms with Crippen LogP contribution in [0.15, 0.2) is 0 Å². The molecular weight excluding hydrogens is 308 g/mol. The summed E-state index contributed by atoms with van der Waals surface area (Å²) in [5.41, 5.74) is 5.45. The zero-order valence-electron chi connectivity index (χ0n) is 15.6. The molecule has 0 aromatic carbocycles. The van der Waals surface area contributed by atoms with Gasteiger partial charge in [0.2, 0.25) is 0 Å². The Morgan fingerprint density at radius 3 is 2.04 bits per heavy atom. The molecule has 0 aliphatic carbocycles. The summed E-state index contributed by atoms with van der Waals surface area (Å²) in [7, 11) is -1.92. The van der Waals surface area contributed by atoms with Crippen LogP contribution in [0.3, 0.4) is 0 Å².